The first-order valence-electron chi connectivity index (χ1n) is 9.40. The van der Waals surface area contributed by atoms with Crippen LogP contribution in [-0.4, -0.2) is 15.5 Å². The van der Waals surface area contributed by atoms with Gasteiger partial charge in [0.05, 0.1) is 16.7 Å². The lowest BCUT2D eigenvalue weighted by atomic mass is 9.85. The van der Waals surface area contributed by atoms with Gasteiger partial charge in [-0.2, -0.15) is 0 Å². The van der Waals surface area contributed by atoms with Gasteiger partial charge in [-0.1, -0.05) is 12.1 Å². The van der Waals surface area contributed by atoms with Crippen molar-refractivity contribution in [1.82, 2.24) is 9.55 Å². The number of aryl methyl sites for hydroxylation is 1. The van der Waals surface area contributed by atoms with Crippen molar-refractivity contribution in [3.8, 4) is 0 Å². The molecule has 0 radical (unpaired) electrons. The lowest BCUT2D eigenvalue weighted by molar-refractivity contribution is -0.121. The van der Waals surface area contributed by atoms with Crippen LogP contribution < -0.4 is 11.0 Å². The highest BCUT2D eigenvalue weighted by Crippen LogP contribution is 2.34. The van der Waals surface area contributed by atoms with Crippen LogP contribution in [0, 0.1) is 18.7 Å². The summed E-state index contributed by atoms with van der Waals surface area (Å²) in [6, 6.07) is 10.6. The van der Waals surface area contributed by atoms with Crippen molar-refractivity contribution < 1.29 is 9.18 Å². The Morgan fingerprint density at radius 3 is 2.68 bits per heavy atom. The molecule has 1 amide bonds. The zero-order chi connectivity index (χ0) is 19.8. The van der Waals surface area contributed by atoms with E-state index in [1.807, 2.05) is 18.2 Å². The van der Waals surface area contributed by atoms with E-state index in [9.17, 15) is 14.0 Å². The van der Waals surface area contributed by atoms with E-state index in [0.29, 0.717) is 12.8 Å². The lowest BCUT2D eigenvalue weighted by Crippen LogP contribution is -2.31. The molecule has 2 aromatic carbocycles. The number of hydrogen-bond donors (Lipinski definition) is 2. The van der Waals surface area contributed by atoms with Crippen LogP contribution in [0.5, 0.6) is 0 Å². The number of carbonyl (C=O) groups is 1. The van der Waals surface area contributed by atoms with Gasteiger partial charge in [0.1, 0.15) is 5.82 Å². The summed E-state index contributed by atoms with van der Waals surface area (Å²) in [6.45, 7) is 1.81. The summed E-state index contributed by atoms with van der Waals surface area (Å²) < 4.78 is 16.6. The van der Waals surface area contributed by atoms with Crippen LogP contribution in [0.25, 0.3) is 11.0 Å². The predicted molar refractivity (Wildman–Crippen MR) is 111 cm³/mol. The molecule has 0 atom stereocenters. The number of H-pyrrole nitrogens is 1. The standard InChI is InChI=1S/C21H21BrFN3O2/c1-12-5-10-17(16(23)11-12)24-20(27)13-6-8-14(9-7-13)26-18-4-2-3-15(22)19(18)25-21(26)28/h2-5,10-11,13-14H,6-9H2,1H3,(H,24,27)(H,25,28)/t13-,14+. The molecule has 1 heterocycles. The molecule has 0 spiro atoms. The first-order chi connectivity index (χ1) is 13.4. The molecule has 3 aromatic rings. The van der Waals surface area contributed by atoms with Crippen LogP contribution in [0.3, 0.4) is 0 Å². The van der Waals surface area contributed by atoms with Crippen molar-refractivity contribution in [2.45, 2.75) is 38.6 Å². The van der Waals surface area contributed by atoms with Gasteiger partial charge in [-0.05, 0) is 78.4 Å². The van der Waals surface area contributed by atoms with E-state index in [-0.39, 0.29) is 29.2 Å². The number of nitrogens with one attached hydrogen (secondary N) is 2. The highest BCUT2D eigenvalue weighted by Gasteiger charge is 2.29. The second kappa shape index (κ2) is 7.54. The van der Waals surface area contributed by atoms with Gasteiger partial charge in [0.15, 0.2) is 0 Å². The summed E-state index contributed by atoms with van der Waals surface area (Å²) in [7, 11) is 0. The van der Waals surface area contributed by atoms with Crippen molar-refractivity contribution in [2.75, 3.05) is 5.32 Å². The maximum Gasteiger partial charge on any atom is 0.326 e. The van der Waals surface area contributed by atoms with Gasteiger partial charge in [-0.15, -0.1) is 0 Å². The molecule has 1 aromatic heterocycles. The molecule has 7 heteroatoms. The first kappa shape index (κ1) is 18.9. The second-order valence-electron chi connectivity index (χ2n) is 7.41. The van der Waals surface area contributed by atoms with Gasteiger partial charge in [0.25, 0.3) is 0 Å². The van der Waals surface area contributed by atoms with Crippen LogP contribution in [-0.2, 0) is 4.79 Å². The Kier molecular flexibility index (Phi) is 5.10. The molecular formula is C21H21BrFN3O2. The Hall–Kier alpha value is -2.41. The van der Waals surface area contributed by atoms with E-state index in [0.717, 1.165) is 33.9 Å². The summed E-state index contributed by atoms with van der Waals surface area (Å²) >= 11 is 3.47. The van der Waals surface area contributed by atoms with Crippen LogP contribution in [0.1, 0.15) is 37.3 Å². The monoisotopic (exact) mass is 445 g/mol. The Morgan fingerprint density at radius 2 is 1.96 bits per heavy atom. The maximum atomic E-state index is 14.0. The summed E-state index contributed by atoms with van der Waals surface area (Å²) in [5, 5.41) is 2.71. The fourth-order valence-corrected chi connectivity index (χ4v) is 4.48. The van der Waals surface area contributed by atoms with Crippen molar-refractivity contribution >= 4 is 38.6 Å². The average Bonchev–Trinajstić information content (AvgIpc) is 3.01. The maximum absolute atomic E-state index is 14.0. The smallest absolute Gasteiger partial charge is 0.323 e. The van der Waals surface area contributed by atoms with Gasteiger partial charge in [-0.3, -0.25) is 9.36 Å². The van der Waals surface area contributed by atoms with Crippen LogP contribution in [0.2, 0.25) is 0 Å². The zero-order valence-corrected chi connectivity index (χ0v) is 17.1. The highest BCUT2D eigenvalue weighted by molar-refractivity contribution is 9.10. The molecule has 1 saturated carbocycles. The van der Waals surface area contributed by atoms with Gasteiger partial charge >= 0.3 is 5.69 Å². The zero-order valence-electron chi connectivity index (χ0n) is 15.5. The topological polar surface area (TPSA) is 66.9 Å². The number of para-hydroxylation sites is 1. The minimum absolute atomic E-state index is 0.0516. The van der Waals surface area contributed by atoms with E-state index >= 15 is 0 Å². The van der Waals surface area contributed by atoms with Crippen molar-refractivity contribution in [2.24, 2.45) is 5.92 Å². The number of amides is 1. The molecule has 1 aliphatic rings. The number of carbonyl (C=O) groups excluding carboxylic acids is 1. The molecule has 0 saturated heterocycles. The number of imidazole rings is 1. The fourth-order valence-electron chi connectivity index (χ4n) is 4.03. The predicted octanol–water partition coefficient (Wildman–Crippen LogP) is 4.91. The Bertz CT molecular complexity index is 1100. The van der Waals surface area contributed by atoms with Crippen LogP contribution in [0.4, 0.5) is 10.1 Å². The molecule has 146 valence electrons. The average molecular weight is 446 g/mol. The summed E-state index contributed by atoms with van der Waals surface area (Å²) in [5.74, 6) is -0.752. The second-order valence-corrected chi connectivity index (χ2v) is 8.27. The number of hydrogen-bond acceptors (Lipinski definition) is 2. The van der Waals surface area contributed by atoms with Gasteiger partial charge in [-0.25, -0.2) is 9.18 Å². The first-order valence-corrected chi connectivity index (χ1v) is 10.2. The summed E-state index contributed by atoms with van der Waals surface area (Å²) in [4.78, 5) is 28.0. The Balaban J connectivity index is 1.46. The van der Waals surface area contributed by atoms with E-state index < -0.39 is 5.82 Å². The minimum atomic E-state index is -0.419. The summed E-state index contributed by atoms with van der Waals surface area (Å²) in [5.41, 5.74) is 2.56. The van der Waals surface area contributed by atoms with E-state index in [4.69, 9.17) is 0 Å². The number of nitrogens with zero attached hydrogens (tertiary/aromatic N) is 1. The van der Waals surface area contributed by atoms with E-state index in [1.165, 1.54) is 6.07 Å². The third-order valence-corrected chi connectivity index (χ3v) is 6.18. The lowest BCUT2D eigenvalue weighted by Gasteiger charge is -2.28. The van der Waals surface area contributed by atoms with Gasteiger partial charge in [0, 0.05) is 16.4 Å². The number of halogens is 2. The SMILES string of the molecule is Cc1ccc(NC(=O)[C@H]2CC[C@@H](n3c(=O)[nH]c4c(Br)cccc43)CC2)c(F)c1. The third-order valence-electron chi connectivity index (χ3n) is 5.52. The molecule has 5 nitrogen and oxygen atoms in total. The van der Waals surface area contributed by atoms with Crippen LogP contribution >= 0.6 is 15.9 Å². The number of aromatic nitrogens is 2. The number of aromatic amines is 1. The number of fused-ring (bicyclic) bond motifs is 1. The Labute approximate surface area is 170 Å². The fraction of sp³-hybridized carbons (Fsp3) is 0.333. The van der Waals surface area contributed by atoms with Crippen molar-refractivity contribution in [1.29, 1.82) is 0 Å². The van der Waals surface area contributed by atoms with Crippen molar-refractivity contribution in [3.63, 3.8) is 0 Å². The number of benzene rings is 2. The molecule has 1 aliphatic carbocycles. The van der Waals surface area contributed by atoms with E-state index in [1.54, 1.807) is 23.6 Å². The van der Waals surface area contributed by atoms with Gasteiger partial charge < -0.3 is 10.3 Å². The Morgan fingerprint density at radius 1 is 1.21 bits per heavy atom. The quantitative estimate of drug-likeness (QED) is 0.601. The number of anilines is 1. The largest absolute Gasteiger partial charge is 0.326 e. The molecule has 4 rings (SSSR count). The molecule has 2 N–H and O–H groups in total. The molecule has 28 heavy (non-hydrogen) atoms. The molecule has 0 unspecified atom stereocenters. The highest BCUT2D eigenvalue weighted by atomic mass is 79.9. The normalized spacial score (nSPS) is 19.7. The molecule has 1 fully saturated rings. The number of rotatable bonds is 3. The third kappa shape index (κ3) is 3.51. The molecular weight excluding hydrogens is 425 g/mol. The van der Waals surface area contributed by atoms with Gasteiger partial charge in [0.2, 0.25) is 5.91 Å². The minimum Gasteiger partial charge on any atom is -0.323 e. The van der Waals surface area contributed by atoms with Crippen molar-refractivity contribution in [3.05, 3.63) is 62.7 Å². The van der Waals surface area contributed by atoms with Crippen LogP contribution in [0.15, 0.2) is 45.7 Å². The van der Waals surface area contributed by atoms with E-state index in [2.05, 4.69) is 26.2 Å². The molecule has 0 aliphatic heterocycles. The summed E-state index contributed by atoms with van der Waals surface area (Å²) in [6.07, 6.45) is 2.79. The molecule has 0 bridgehead atoms.